The van der Waals surface area contributed by atoms with Gasteiger partial charge in [0.1, 0.15) is 0 Å². The fourth-order valence-corrected chi connectivity index (χ4v) is 2.70. The van der Waals surface area contributed by atoms with Crippen LogP contribution in [0, 0.1) is 6.92 Å². The smallest absolute Gasteiger partial charge is 0.0897 e. The van der Waals surface area contributed by atoms with E-state index in [4.69, 9.17) is 0 Å². The van der Waals surface area contributed by atoms with Crippen LogP contribution >= 0.6 is 23.1 Å². The molecule has 1 aromatic rings. The molecule has 2 nitrogen and oxygen atoms in total. The first kappa shape index (κ1) is 12.0. The third-order valence-electron chi connectivity index (χ3n) is 1.98. The molecule has 1 atom stereocenters. The van der Waals surface area contributed by atoms with E-state index < -0.39 is 0 Å². The summed E-state index contributed by atoms with van der Waals surface area (Å²) in [5.74, 6) is 1.16. The van der Waals surface area contributed by atoms with Crippen molar-refractivity contribution >= 4 is 23.1 Å². The molecule has 0 aromatic carbocycles. The molecule has 0 fully saturated rings. The molecular formula is C10H18N2S2. The summed E-state index contributed by atoms with van der Waals surface area (Å²) in [4.78, 5) is 4.48. The third-order valence-corrected chi connectivity index (χ3v) is 3.54. The lowest BCUT2D eigenvalue weighted by Crippen LogP contribution is -2.33. The molecule has 4 heteroatoms. The minimum atomic E-state index is 0.566. The standard InChI is InChI=1S/C10H18N2S2/c1-4-11-9(6-13-3)5-10-7-14-8(2)12-10/h7,9,11H,4-6H2,1-3H3. The zero-order valence-corrected chi connectivity index (χ0v) is 10.7. The number of aromatic nitrogens is 1. The Morgan fingerprint density at radius 1 is 1.64 bits per heavy atom. The van der Waals surface area contributed by atoms with Crippen molar-refractivity contribution in [2.45, 2.75) is 26.3 Å². The Hall–Kier alpha value is -0.0600. The van der Waals surface area contributed by atoms with Gasteiger partial charge in [0.2, 0.25) is 0 Å². The summed E-state index contributed by atoms with van der Waals surface area (Å²) in [5.41, 5.74) is 1.23. The van der Waals surface area contributed by atoms with Gasteiger partial charge in [-0.2, -0.15) is 11.8 Å². The monoisotopic (exact) mass is 230 g/mol. The van der Waals surface area contributed by atoms with Gasteiger partial charge >= 0.3 is 0 Å². The molecule has 0 amide bonds. The molecule has 0 saturated carbocycles. The van der Waals surface area contributed by atoms with E-state index in [0.29, 0.717) is 6.04 Å². The second kappa shape index (κ2) is 6.43. The van der Waals surface area contributed by atoms with E-state index in [0.717, 1.165) is 18.7 Å². The Kier molecular flexibility index (Phi) is 5.52. The summed E-state index contributed by atoms with van der Waals surface area (Å²) in [7, 11) is 0. The number of nitrogens with one attached hydrogen (secondary N) is 1. The van der Waals surface area contributed by atoms with Crippen LogP contribution in [0.4, 0.5) is 0 Å². The van der Waals surface area contributed by atoms with Crippen molar-refractivity contribution in [3.8, 4) is 0 Å². The lowest BCUT2D eigenvalue weighted by Gasteiger charge is -2.14. The van der Waals surface area contributed by atoms with Crippen molar-refractivity contribution in [2.75, 3.05) is 18.6 Å². The predicted octanol–water partition coefficient (Wildman–Crippen LogP) is 2.34. The highest BCUT2D eigenvalue weighted by Crippen LogP contribution is 2.11. The number of thioether (sulfide) groups is 1. The summed E-state index contributed by atoms with van der Waals surface area (Å²) < 4.78 is 0. The first-order valence-electron chi connectivity index (χ1n) is 4.89. The summed E-state index contributed by atoms with van der Waals surface area (Å²) in [6.07, 6.45) is 3.20. The van der Waals surface area contributed by atoms with Crippen LogP contribution in [-0.2, 0) is 6.42 Å². The molecule has 1 aromatic heterocycles. The maximum atomic E-state index is 4.48. The maximum Gasteiger partial charge on any atom is 0.0897 e. The van der Waals surface area contributed by atoms with E-state index in [2.05, 4.69) is 35.8 Å². The fraction of sp³-hybridized carbons (Fsp3) is 0.700. The van der Waals surface area contributed by atoms with E-state index in [1.54, 1.807) is 11.3 Å². The van der Waals surface area contributed by atoms with Gasteiger partial charge in [-0.3, -0.25) is 0 Å². The van der Waals surface area contributed by atoms with Gasteiger partial charge in [0.15, 0.2) is 0 Å². The zero-order chi connectivity index (χ0) is 10.4. The van der Waals surface area contributed by atoms with Crippen molar-refractivity contribution in [1.29, 1.82) is 0 Å². The molecule has 0 bridgehead atoms. The Labute approximate surface area is 94.5 Å². The van der Waals surface area contributed by atoms with Crippen LogP contribution in [-0.4, -0.2) is 29.6 Å². The summed E-state index contributed by atoms with van der Waals surface area (Å²) in [5, 5.41) is 6.82. The second-order valence-corrected chi connectivity index (χ2v) is 5.24. The van der Waals surface area contributed by atoms with Gasteiger partial charge in [-0.1, -0.05) is 6.92 Å². The highest BCUT2D eigenvalue weighted by molar-refractivity contribution is 7.98. The lowest BCUT2D eigenvalue weighted by atomic mass is 10.2. The van der Waals surface area contributed by atoms with Gasteiger partial charge in [0.05, 0.1) is 10.7 Å². The second-order valence-electron chi connectivity index (χ2n) is 3.27. The number of thiazole rings is 1. The largest absolute Gasteiger partial charge is 0.313 e. The highest BCUT2D eigenvalue weighted by Gasteiger charge is 2.09. The number of aryl methyl sites for hydroxylation is 1. The minimum Gasteiger partial charge on any atom is -0.313 e. The number of rotatable bonds is 6. The van der Waals surface area contributed by atoms with Gasteiger partial charge in [0, 0.05) is 23.6 Å². The normalized spacial score (nSPS) is 13.1. The molecule has 14 heavy (non-hydrogen) atoms. The summed E-state index contributed by atoms with van der Waals surface area (Å²) in [6.45, 7) is 5.25. The molecule has 0 aliphatic rings. The van der Waals surface area contributed by atoms with Crippen molar-refractivity contribution in [3.05, 3.63) is 16.1 Å². The molecule has 0 aliphatic carbocycles. The van der Waals surface area contributed by atoms with Crippen molar-refractivity contribution in [3.63, 3.8) is 0 Å². The van der Waals surface area contributed by atoms with Gasteiger partial charge in [-0.25, -0.2) is 4.98 Å². The SMILES string of the molecule is CCNC(CSC)Cc1csc(C)n1. The van der Waals surface area contributed by atoms with E-state index in [9.17, 15) is 0 Å². The predicted molar refractivity (Wildman–Crippen MR) is 66.4 cm³/mol. The first-order chi connectivity index (χ1) is 6.76. The molecule has 0 aliphatic heterocycles. The van der Waals surface area contributed by atoms with Crippen LogP contribution < -0.4 is 5.32 Å². The number of hydrogen-bond donors (Lipinski definition) is 1. The van der Waals surface area contributed by atoms with Crippen LogP contribution in [0.3, 0.4) is 0 Å². The average molecular weight is 230 g/mol. The zero-order valence-electron chi connectivity index (χ0n) is 9.04. The van der Waals surface area contributed by atoms with Gasteiger partial charge < -0.3 is 5.32 Å². The Morgan fingerprint density at radius 2 is 2.43 bits per heavy atom. The Balaban J connectivity index is 2.46. The molecule has 1 rings (SSSR count). The van der Waals surface area contributed by atoms with Crippen LogP contribution in [0.1, 0.15) is 17.6 Å². The van der Waals surface area contributed by atoms with Crippen molar-refractivity contribution in [2.24, 2.45) is 0 Å². The van der Waals surface area contributed by atoms with Crippen molar-refractivity contribution in [1.82, 2.24) is 10.3 Å². The first-order valence-corrected chi connectivity index (χ1v) is 7.17. The molecular weight excluding hydrogens is 212 g/mol. The molecule has 0 radical (unpaired) electrons. The minimum absolute atomic E-state index is 0.566. The van der Waals surface area contributed by atoms with Crippen LogP contribution in [0.25, 0.3) is 0 Å². The third kappa shape index (κ3) is 3.98. The van der Waals surface area contributed by atoms with E-state index in [1.807, 2.05) is 11.8 Å². The molecule has 1 unspecified atom stereocenters. The topological polar surface area (TPSA) is 24.9 Å². The van der Waals surface area contributed by atoms with Crippen LogP contribution in [0.2, 0.25) is 0 Å². The van der Waals surface area contributed by atoms with Gasteiger partial charge in [-0.15, -0.1) is 11.3 Å². The molecule has 80 valence electrons. The fourth-order valence-electron chi connectivity index (χ4n) is 1.43. The molecule has 0 spiro atoms. The van der Waals surface area contributed by atoms with E-state index in [1.165, 1.54) is 10.7 Å². The average Bonchev–Trinajstić information content (AvgIpc) is 2.52. The van der Waals surface area contributed by atoms with E-state index in [-0.39, 0.29) is 0 Å². The lowest BCUT2D eigenvalue weighted by molar-refractivity contribution is 0.568. The number of hydrogen-bond acceptors (Lipinski definition) is 4. The van der Waals surface area contributed by atoms with Crippen LogP contribution in [0.5, 0.6) is 0 Å². The molecule has 0 saturated heterocycles. The van der Waals surface area contributed by atoms with Crippen LogP contribution in [0.15, 0.2) is 5.38 Å². The molecule has 1 heterocycles. The summed E-state index contributed by atoms with van der Waals surface area (Å²) in [6, 6.07) is 0.566. The van der Waals surface area contributed by atoms with Gasteiger partial charge in [0.25, 0.3) is 0 Å². The summed E-state index contributed by atoms with van der Waals surface area (Å²) >= 11 is 3.63. The van der Waals surface area contributed by atoms with Crippen molar-refractivity contribution < 1.29 is 0 Å². The number of likely N-dealkylation sites (N-methyl/N-ethyl adjacent to an activating group) is 1. The molecule has 1 N–H and O–H groups in total. The Bertz CT molecular complexity index is 254. The number of nitrogens with zero attached hydrogens (tertiary/aromatic N) is 1. The Morgan fingerprint density at radius 3 is 2.93 bits per heavy atom. The highest BCUT2D eigenvalue weighted by atomic mass is 32.2. The van der Waals surface area contributed by atoms with Gasteiger partial charge in [-0.05, 0) is 19.7 Å². The van der Waals surface area contributed by atoms with E-state index >= 15 is 0 Å². The maximum absolute atomic E-state index is 4.48. The quantitative estimate of drug-likeness (QED) is 0.812.